The van der Waals surface area contributed by atoms with Gasteiger partial charge in [0.15, 0.2) is 0 Å². The third-order valence-electron chi connectivity index (χ3n) is 2.76. The third kappa shape index (κ3) is 2.88. The number of carbonyl (C=O) groups is 1. The monoisotopic (exact) mass is 291 g/mol. The molecule has 0 radical (unpaired) electrons. The summed E-state index contributed by atoms with van der Waals surface area (Å²) < 4.78 is 5.69. The Morgan fingerprint density at radius 2 is 2.05 bits per heavy atom. The second-order valence-electron chi connectivity index (χ2n) is 4.18. The van der Waals surface area contributed by atoms with Crippen LogP contribution >= 0.6 is 11.6 Å². The lowest BCUT2D eigenvalue weighted by molar-refractivity contribution is 0.0998. The number of para-hydroxylation sites is 1. The Morgan fingerprint density at radius 1 is 1.35 bits per heavy atom. The quantitative estimate of drug-likeness (QED) is 0.879. The molecule has 2 rings (SSSR count). The summed E-state index contributed by atoms with van der Waals surface area (Å²) in [5.74, 6) is 0.691. The number of rotatable bonds is 4. The molecule has 0 unspecified atom stereocenters. The topological polar surface area (TPSA) is 78.1 Å². The molecule has 2 N–H and O–H groups in total. The van der Waals surface area contributed by atoms with Gasteiger partial charge in [0.25, 0.3) is 5.91 Å². The van der Waals surface area contributed by atoms with Gasteiger partial charge in [-0.1, -0.05) is 30.7 Å². The van der Waals surface area contributed by atoms with Crippen molar-refractivity contribution in [3.8, 4) is 11.6 Å². The van der Waals surface area contributed by atoms with Crippen molar-refractivity contribution in [3.63, 3.8) is 0 Å². The zero-order chi connectivity index (χ0) is 14.7. The van der Waals surface area contributed by atoms with E-state index in [-0.39, 0.29) is 0 Å². The van der Waals surface area contributed by atoms with Crippen LogP contribution in [0.5, 0.6) is 11.6 Å². The lowest BCUT2D eigenvalue weighted by Crippen LogP contribution is -2.12. The molecule has 1 aromatic heterocycles. The largest absolute Gasteiger partial charge is 0.438 e. The van der Waals surface area contributed by atoms with E-state index >= 15 is 0 Å². The zero-order valence-corrected chi connectivity index (χ0v) is 11.9. The maximum absolute atomic E-state index is 11.4. The maximum Gasteiger partial charge on any atom is 0.252 e. The highest BCUT2D eigenvalue weighted by Crippen LogP contribution is 2.29. The summed E-state index contributed by atoms with van der Waals surface area (Å²) in [6.45, 7) is 3.67. The summed E-state index contributed by atoms with van der Waals surface area (Å²) in [4.78, 5) is 19.8. The van der Waals surface area contributed by atoms with Gasteiger partial charge >= 0.3 is 0 Å². The van der Waals surface area contributed by atoms with Gasteiger partial charge in [0.05, 0.1) is 5.56 Å². The summed E-state index contributed by atoms with van der Waals surface area (Å²) in [6, 6.07) is 6.71. The molecule has 6 heteroatoms. The molecule has 0 spiro atoms. The Bertz CT molecular complexity index is 659. The van der Waals surface area contributed by atoms with Gasteiger partial charge in [-0.25, -0.2) is 4.98 Å². The Labute approximate surface area is 121 Å². The minimum Gasteiger partial charge on any atom is -0.438 e. The molecule has 0 saturated heterocycles. The van der Waals surface area contributed by atoms with Gasteiger partial charge in [-0.05, 0) is 19.1 Å². The minimum atomic E-state index is -0.561. The van der Waals surface area contributed by atoms with E-state index in [1.165, 1.54) is 0 Å². The lowest BCUT2D eigenvalue weighted by Gasteiger charge is -2.11. The molecular formula is C14H14ClN3O2. The third-order valence-corrected chi connectivity index (χ3v) is 3.13. The number of benzene rings is 1. The number of primary amides is 1. The number of halogens is 1. The van der Waals surface area contributed by atoms with E-state index in [1.54, 1.807) is 31.2 Å². The number of hydrogen-bond donors (Lipinski definition) is 1. The van der Waals surface area contributed by atoms with Crippen molar-refractivity contribution in [2.75, 3.05) is 0 Å². The van der Waals surface area contributed by atoms with E-state index in [2.05, 4.69) is 9.97 Å². The first-order valence-corrected chi connectivity index (χ1v) is 6.50. The number of hydrogen-bond acceptors (Lipinski definition) is 4. The lowest BCUT2D eigenvalue weighted by atomic mass is 10.2. The van der Waals surface area contributed by atoms with Gasteiger partial charge in [-0.15, -0.1) is 0 Å². The smallest absolute Gasteiger partial charge is 0.252 e. The second kappa shape index (κ2) is 5.88. The first kappa shape index (κ1) is 14.3. The Balaban J connectivity index is 2.45. The van der Waals surface area contributed by atoms with E-state index in [1.807, 2.05) is 6.92 Å². The molecule has 20 heavy (non-hydrogen) atoms. The van der Waals surface area contributed by atoms with E-state index in [0.717, 1.165) is 0 Å². The molecule has 0 atom stereocenters. The minimum absolute atomic E-state index is 0.291. The molecule has 0 fully saturated rings. The molecule has 0 aliphatic carbocycles. The molecule has 1 aromatic carbocycles. The molecule has 0 aliphatic rings. The van der Waals surface area contributed by atoms with Gasteiger partial charge in [0.2, 0.25) is 5.88 Å². The summed E-state index contributed by atoms with van der Waals surface area (Å²) >= 11 is 6.04. The number of amides is 1. The van der Waals surface area contributed by atoms with E-state index in [9.17, 15) is 4.79 Å². The molecule has 0 aliphatic heterocycles. The molecule has 5 nitrogen and oxygen atoms in total. The van der Waals surface area contributed by atoms with Crippen molar-refractivity contribution in [1.82, 2.24) is 9.97 Å². The number of aryl methyl sites for hydroxylation is 1. The van der Waals surface area contributed by atoms with Gasteiger partial charge in [0, 0.05) is 12.0 Å². The molecule has 0 saturated carbocycles. The van der Waals surface area contributed by atoms with Crippen LogP contribution in [0, 0.1) is 6.92 Å². The normalized spacial score (nSPS) is 10.3. The average molecular weight is 292 g/mol. The maximum atomic E-state index is 11.4. The average Bonchev–Trinajstić information content (AvgIpc) is 2.44. The number of nitrogens with two attached hydrogens (primary N) is 1. The summed E-state index contributed by atoms with van der Waals surface area (Å²) in [6.07, 6.45) is 0.633. The Hall–Kier alpha value is -2.14. The fraction of sp³-hybridized carbons (Fsp3) is 0.214. The highest BCUT2D eigenvalue weighted by molar-refractivity contribution is 6.30. The van der Waals surface area contributed by atoms with Crippen molar-refractivity contribution in [1.29, 1.82) is 0 Å². The van der Waals surface area contributed by atoms with Crippen LogP contribution in [0.4, 0.5) is 0 Å². The van der Waals surface area contributed by atoms with Gasteiger partial charge < -0.3 is 10.5 Å². The van der Waals surface area contributed by atoms with Gasteiger partial charge in [-0.2, -0.15) is 4.98 Å². The van der Waals surface area contributed by atoms with Crippen LogP contribution in [0.2, 0.25) is 5.15 Å². The van der Waals surface area contributed by atoms with Crippen molar-refractivity contribution < 1.29 is 9.53 Å². The summed E-state index contributed by atoms with van der Waals surface area (Å²) in [7, 11) is 0. The fourth-order valence-corrected chi connectivity index (χ4v) is 1.81. The van der Waals surface area contributed by atoms with E-state index in [0.29, 0.717) is 40.2 Å². The zero-order valence-electron chi connectivity index (χ0n) is 11.2. The predicted octanol–water partition coefficient (Wildman–Crippen LogP) is 2.89. The van der Waals surface area contributed by atoms with Crippen LogP contribution in [0.1, 0.15) is 28.7 Å². The number of carbonyl (C=O) groups excluding carboxylic acids is 1. The summed E-state index contributed by atoms with van der Waals surface area (Å²) in [5, 5.41) is 0.336. The van der Waals surface area contributed by atoms with Crippen LogP contribution in [-0.4, -0.2) is 15.9 Å². The molecular weight excluding hydrogens is 278 g/mol. The Kier molecular flexibility index (Phi) is 4.20. The Morgan fingerprint density at radius 3 is 2.70 bits per heavy atom. The SMILES string of the molecule is CCc1nc(Cl)c(C)c(Oc2ccccc2C(N)=O)n1. The van der Waals surface area contributed by atoms with Crippen LogP contribution in [-0.2, 0) is 6.42 Å². The van der Waals surface area contributed by atoms with Crippen molar-refractivity contribution in [2.24, 2.45) is 5.73 Å². The highest BCUT2D eigenvalue weighted by atomic mass is 35.5. The van der Waals surface area contributed by atoms with Crippen LogP contribution in [0.25, 0.3) is 0 Å². The molecule has 2 aromatic rings. The number of aromatic nitrogens is 2. The van der Waals surface area contributed by atoms with E-state index in [4.69, 9.17) is 22.1 Å². The predicted molar refractivity (Wildman–Crippen MR) is 76.2 cm³/mol. The van der Waals surface area contributed by atoms with Crippen molar-refractivity contribution >= 4 is 17.5 Å². The first-order valence-electron chi connectivity index (χ1n) is 6.12. The standard InChI is InChI=1S/C14H14ClN3O2/c1-3-11-17-12(15)8(2)14(18-11)20-10-7-5-4-6-9(10)13(16)19/h4-7H,3H2,1-2H3,(H2,16,19). The van der Waals surface area contributed by atoms with E-state index < -0.39 is 5.91 Å². The number of ether oxygens (including phenoxy) is 1. The van der Waals surface area contributed by atoms with Gasteiger partial charge in [-0.3, -0.25) is 4.79 Å². The summed E-state index contributed by atoms with van der Waals surface area (Å²) in [5.41, 5.74) is 6.22. The molecule has 0 bridgehead atoms. The van der Waals surface area contributed by atoms with Crippen LogP contribution in [0.3, 0.4) is 0 Å². The molecule has 1 amide bonds. The number of nitrogens with zero attached hydrogens (tertiary/aromatic N) is 2. The molecule has 104 valence electrons. The van der Waals surface area contributed by atoms with Crippen molar-refractivity contribution in [2.45, 2.75) is 20.3 Å². The van der Waals surface area contributed by atoms with Gasteiger partial charge in [0.1, 0.15) is 16.7 Å². The van der Waals surface area contributed by atoms with Crippen LogP contribution in [0.15, 0.2) is 24.3 Å². The first-order chi connectivity index (χ1) is 9.52. The van der Waals surface area contributed by atoms with Crippen LogP contribution < -0.4 is 10.5 Å². The van der Waals surface area contributed by atoms with Crippen molar-refractivity contribution in [3.05, 3.63) is 46.4 Å². The highest BCUT2D eigenvalue weighted by Gasteiger charge is 2.14. The molecule has 1 heterocycles. The fourth-order valence-electron chi connectivity index (χ4n) is 1.63. The second-order valence-corrected chi connectivity index (χ2v) is 4.53.